The van der Waals surface area contributed by atoms with Crippen molar-refractivity contribution in [1.29, 1.82) is 0 Å². The second kappa shape index (κ2) is 19.1. The summed E-state index contributed by atoms with van der Waals surface area (Å²) >= 11 is 1.89. The molecule has 1 fully saturated rings. The van der Waals surface area contributed by atoms with Gasteiger partial charge in [0, 0.05) is 6.42 Å². The molecule has 1 unspecified atom stereocenters. The van der Waals surface area contributed by atoms with Crippen molar-refractivity contribution in [3.05, 3.63) is 15.6 Å². The van der Waals surface area contributed by atoms with Gasteiger partial charge in [-0.1, -0.05) is 102 Å². The Morgan fingerprint density at radius 1 is 0.875 bits per heavy atom. The van der Waals surface area contributed by atoms with Crippen molar-refractivity contribution in [2.24, 2.45) is 0 Å². The zero-order chi connectivity index (χ0) is 22.2. The predicted molar refractivity (Wildman–Crippen MR) is 134 cm³/mol. The highest BCUT2D eigenvalue weighted by molar-refractivity contribution is 7.11. The fourth-order valence-electron chi connectivity index (χ4n) is 4.69. The van der Waals surface area contributed by atoms with Crippen LogP contribution >= 0.6 is 11.3 Å². The van der Waals surface area contributed by atoms with Crippen LogP contribution < -0.4 is 27.3 Å². The van der Waals surface area contributed by atoms with Crippen LogP contribution in [0.5, 0.6) is 0 Å². The summed E-state index contributed by atoms with van der Waals surface area (Å²) in [4.78, 5) is 18.1. The Kier molecular flexibility index (Phi) is 17.8. The van der Waals surface area contributed by atoms with E-state index in [1.807, 2.05) is 11.3 Å². The number of Topliss-reactive ketones (excluding diaryl/α,β-unsaturated/α-hetero) is 1. The van der Waals surface area contributed by atoms with Crippen LogP contribution in [0.1, 0.15) is 132 Å². The van der Waals surface area contributed by atoms with Gasteiger partial charge in [0.2, 0.25) is 5.01 Å². The molecule has 5 heteroatoms. The first-order chi connectivity index (χ1) is 15.2. The highest BCUT2D eigenvalue weighted by atomic mass is 79.9. The molecule has 2 N–H and O–H groups in total. The number of aromatic amines is 1. The molecule has 0 amide bonds. The van der Waals surface area contributed by atoms with Crippen LogP contribution in [0.2, 0.25) is 0 Å². The number of H-pyrrole nitrogens is 1. The number of aromatic nitrogens is 1. The molecular weight excluding hydrogens is 480 g/mol. The molecule has 186 valence electrons. The normalized spacial score (nSPS) is 16.5. The number of hydrogen-bond donors (Lipinski definition) is 1. The maximum absolute atomic E-state index is 12.9. The molecule has 1 aromatic rings. The van der Waals surface area contributed by atoms with Crippen molar-refractivity contribution in [3.63, 3.8) is 0 Å². The van der Waals surface area contributed by atoms with E-state index in [0.717, 1.165) is 19.4 Å². The lowest BCUT2D eigenvalue weighted by molar-refractivity contribution is -0.393. The van der Waals surface area contributed by atoms with Gasteiger partial charge in [0.05, 0.1) is 10.9 Å². The lowest BCUT2D eigenvalue weighted by atomic mass is 10.0. The second-order valence-electron chi connectivity index (χ2n) is 9.59. The highest BCUT2D eigenvalue weighted by Gasteiger charge is 2.25. The summed E-state index contributed by atoms with van der Waals surface area (Å²) in [6.45, 7) is 5.56. The molecule has 1 aliphatic rings. The zero-order valence-electron chi connectivity index (χ0n) is 20.9. The van der Waals surface area contributed by atoms with Gasteiger partial charge in [0.1, 0.15) is 6.42 Å². The van der Waals surface area contributed by atoms with Gasteiger partial charge >= 0.3 is 0 Å². The minimum atomic E-state index is 0. The third kappa shape index (κ3) is 12.3. The maximum Gasteiger partial charge on any atom is 0.243 e. The smallest absolute Gasteiger partial charge is 0.243 e. The van der Waals surface area contributed by atoms with Gasteiger partial charge in [-0.15, -0.1) is 0 Å². The van der Waals surface area contributed by atoms with Crippen LogP contribution in [0.4, 0.5) is 0 Å². The van der Waals surface area contributed by atoms with E-state index >= 15 is 0 Å². The summed E-state index contributed by atoms with van der Waals surface area (Å²) in [6, 6.07) is 0.0713. The number of unbranched alkanes of at least 4 members (excludes halogenated alkanes) is 10. The summed E-state index contributed by atoms with van der Waals surface area (Å²) < 4.78 is 0. The Balaban J connectivity index is 0.00000512. The van der Waals surface area contributed by atoms with Gasteiger partial charge in [-0.2, -0.15) is 0 Å². The number of nitrogens with one attached hydrogen (secondary N) is 2. The van der Waals surface area contributed by atoms with E-state index in [9.17, 15) is 4.79 Å². The molecule has 0 saturated carbocycles. The molecule has 2 heterocycles. The highest BCUT2D eigenvalue weighted by Crippen LogP contribution is 2.22. The quantitative estimate of drug-likeness (QED) is 0.310. The van der Waals surface area contributed by atoms with Gasteiger partial charge in [-0.25, -0.2) is 4.98 Å². The summed E-state index contributed by atoms with van der Waals surface area (Å²) in [5.74, 6) is 0.386. The molecule has 1 aliphatic heterocycles. The Morgan fingerprint density at radius 2 is 1.50 bits per heavy atom. The molecule has 32 heavy (non-hydrogen) atoms. The molecule has 0 spiro atoms. The number of aryl methyl sites for hydroxylation is 2. The predicted octanol–water partition coefficient (Wildman–Crippen LogP) is 4.02. The molecule has 3 nitrogen and oxygen atoms in total. The zero-order valence-corrected chi connectivity index (χ0v) is 23.3. The third-order valence-corrected chi connectivity index (χ3v) is 7.88. The minimum Gasteiger partial charge on any atom is -1.00 e. The van der Waals surface area contributed by atoms with Crippen LogP contribution in [0.25, 0.3) is 0 Å². The summed E-state index contributed by atoms with van der Waals surface area (Å²) in [5, 5.41) is 4.67. The maximum atomic E-state index is 12.9. The molecule has 1 aromatic heterocycles. The summed E-state index contributed by atoms with van der Waals surface area (Å²) in [7, 11) is 0. The average Bonchev–Trinajstić information content (AvgIpc) is 2.96. The van der Waals surface area contributed by atoms with E-state index < -0.39 is 0 Å². The van der Waals surface area contributed by atoms with E-state index in [1.165, 1.54) is 118 Å². The monoisotopic (exact) mass is 528 g/mol. The lowest BCUT2D eigenvalue weighted by Crippen LogP contribution is -3.00. The van der Waals surface area contributed by atoms with E-state index in [1.54, 1.807) is 0 Å². The molecule has 0 bridgehead atoms. The van der Waals surface area contributed by atoms with Crippen molar-refractivity contribution in [1.82, 2.24) is 5.32 Å². The van der Waals surface area contributed by atoms with Gasteiger partial charge in [-0.3, -0.25) is 4.79 Å². The van der Waals surface area contributed by atoms with Gasteiger partial charge in [-0.05, 0) is 38.6 Å². The van der Waals surface area contributed by atoms with E-state index in [0.29, 0.717) is 12.2 Å². The molecule has 0 radical (unpaired) electrons. The minimum absolute atomic E-state index is 0. The van der Waals surface area contributed by atoms with Crippen LogP contribution in [0.3, 0.4) is 0 Å². The molecular formula is C27H49BrN2OS. The Hall–Kier alpha value is -0.260. The van der Waals surface area contributed by atoms with Crippen molar-refractivity contribution >= 4 is 17.1 Å². The molecule has 1 atom stereocenters. The lowest BCUT2D eigenvalue weighted by Gasteiger charge is -2.12. The number of halogens is 1. The third-order valence-electron chi connectivity index (χ3n) is 6.69. The fraction of sp³-hybridized carbons (Fsp3) is 0.852. The van der Waals surface area contributed by atoms with E-state index in [2.05, 4.69) is 24.1 Å². The average molecular weight is 530 g/mol. The Labute approximate surface area is 212 Å². The number of rotatable bonds is 17. The largest absolute Gasteiger partial charge is 1.00 e. The van der Waals surface area contributed by atoms with Crippen LogP contribution in [0, 0.1) is 0 Å². The fourth-order valence-corrected chi connectivity index (χ4v) is 5.90. The van der Waals surface area contributed by atoms with Crippen LogP contribution in [0.15, 0.2) is 0 Å². The molecule has 0 aromatic carbocycles. The van der Waals surface area contributed by atoms with Gasteiger partial charge in [0.15, 0.2) is 11.5 Å². The topological polar surface area (TPSA) is 43.2 Å². The number of ketones is 1. The molecule has 0 aliphatic carbocycles. The molecule has 1 saturated heterocycles. The number of carbonyl (C=O) groups excluding carboxylic acids is 1. The second-order valence-corrected chi connectivity index (χ2v) is 10.8. The van der Waals surface area contributed by atoms with Crippen molar-refractivity contribution in [2.45, 2.75) is 142 Å². The number of carbonyl (C=O) groups is 1. The van der Waals surface area contributed by atoms with Crippen molar-refractivity contribution < 1.29 is 26.8 Å². The van der Waals surface area contributed by atoms with Crippen LogP contribution in [-0.2, 0) is 24.1 Å². The van der Waals surface area contributed by atoms with E-state index in [4.69, 9.17) is 0 Å². The summed E-state index contributed by atoms with van der Waals surface area (Å²) in [5.41, 5.74) is 1.44. The Bertz CT molecular complexity index is 563. The van der Waals surface area contributed by atoms with E-state index in [-0.39, 0.29) is 23.0 Å². The number of hydrogen-bond acceptors (Lipinski definition) is 3. The SMILES string of the molecule is CCCCCCCCc1[nH+]c(CC(=O)C2CCCCCN2)sc1CCCCCCCC.[Br-]. The van der Waals surface area contributed by atoms with Gasteiger partial charge in [0.25, 0.3) is 0 Å². The van der Waals surface area contributed by atoms with Crippen molar-refractivity contribution in [3.8, 4) is 0 Å². The summed E-state index contributed by atoms with van der Waals surface area (Å²) in [6.07, 6.45) is 23.7. The molecule has 2 rings (SSSR count). The van der Waals surface area contributed by atoms with Crippen LogP contribution in [-0.4, -0.2) is 18.4 Å². The van der Waals surface area contributed by atoms with Crippen molar-refractivity contribution in [2.75, 3.05) is 6.54 Å². The standard InChI is InChI=1S/C27H48N2OS.BrH/c1-3-5-7-9-11-14-19-24-26(20-16-12-10-8-6-4-2)31-27(29-24)22-25(30)23-18-15-13-17-21-28-23;/h23,28H,3-22H2,1-2H3;1H. The Morgan fingerprint density at radius 3 is 2.19 bits per heavy atom. The first-order valence-corrected chi connectivity index (χ1v) is 14.3. The van der Waals surface area contributed by atoms with Gasteiger partial charge < -0.3 is 22.3 Å². The first-order valence-electron chi connectivity index (χ1n) is 13.5. The number of thiazole rings is 1. The first kappa shape index (κ1) is 29.8.